The zero-order valence-electron chi connectivity index (χ0n) is 17.4. The maximum Gasteiger partial charge on any atom is 0.407 e. The summed E-state index contributed by atoms with van der Waals surface area (Å²) < 4.78 is 10.1. The van der Waals surface area contributed by atoms with Gasteiger partial charge in [0, 0.05) is 12.1 Å². The molecule has 2 aromatic carbocycles. The van der Waals surface area contributed by atoms with Crippen LogP contribution in [0.3, 0.4) is 0 Å². The molecule has 7 nitrogen and oxygen atoms in total. The number of esters is 1. The van der Waals surface area contributed by atoms with Crippen LogP contribution in [0.2, 0.25) is 0 Å². The van der Waals surface area contributed by atoms with Crippen molar-refractivity contribution in [2.24, 2.45) is 0 Å². The first-order valence-corrected chi connectivity index (χ1v) is 10.00. The smallest absolute Gasteiger partial charge is 0.407 e. The number of fused-ring (bicyclic) bond motifs is 3. The molecule has 3 N–H and O–H groups in total. The number of aromatic nitrogens is 1. The highest BCUT2D eigenvalue weighted by Gasteiger charge is 2.28. The van der Waals surface area contributed by atoms with Gasteiger partial charge in [-0.1, -0.05) is 60.4 Å². The molecule has 4 rings (SSSR count). The van der Waals surface area contributed by atoms with E-state index in [9.17, 15) is 9.59 Å². The molecular weight excluding hydrogens is 406 g/mol. The lowest BCUT2D eigenvalue weighted by atomic mass is 9.98. The fourth-order valence-corrected chi connectivity index (χ4v) is 3.71. The molecule has 0 spiro atoms. The van der Waals surface area contributed by atoms with Gasteiger partial charge in [0.25, 0.3) is 0 Å². The van der Waals surface area contributed by atoms with Crippen molar-refractivity contribution in [2.45, 2.75) is 5.92 Å². The summed E-state index contributed by atoms with van der Waals surface area (Å²) in [4.78, 5) is 27.7. The number of carbonyl (C=O) groups excluding carboxylic acids is 2. The Morgan fingerprint density at radius 3 is 2.41 bits per heavy atom. The van der Waals surface area contributed by atoms with E-state index in [0.29, 0.717) is 5.56 Å². The van der Waals surface area contributed by atoms with E-state index in [4.69, 9.17) is 10.5 Å². The number of carbonyl (C=O) groups is 2. The van der Waals surface area contributed by atoms with Gasteiger partial charge in [0.1, 0.15) is 12.4 Å². The number of amides is 1. The molecule has 0 radical (unpaired) electrons. The highest BCUT2D eigenvalue weighted by atomic mass is 16.5. The van der Waals surface area contributed by atoms with Crippen LogP contribution in [0.1, 0.15) is 33.0 Å². The minimum Gasteiger partial charge on any atom is -0.465 e. The van der Waals surface area contributed by atoms with Gasteiger partial charge in [-0.2, -0.15) is 0 Å². The number of anilines is 1. The summed E-state index contributed by atoms with van der Waals surface area (Å²) in [7, 11) is 1.28. The normalized spacial score (nSPS) is 11.5. The Bertz CT molecular complexity index is 1200. The van der Waals surface area contributed by atoms with Crippen molar-refractivity contribution in [3.8, 4) is 23.0 Å². The second kappa shape index (κ2) is 9.23. The van der Waals surface area contributed by atoms with Gasteiger partial charge in [-0.15, -0.1) is 0 Å². The Kier molecular flexibility index (Phi) is 6.04. The Balaban J connectivity index is 1.35. The van der Waals surface area contributed by atoms with E-state index < -0.39 is 12.1 Å². The van der Waals surface area contributed by atoms with Crippen molar-refractivity contribution in [1.82, 2.24) is 10.3 Å². The molecule has 160 valence electrons. The number of nitrogens with zero attached hydrogens (tertiary/aromatic N) is 1. The van der Waals surface area contributed by atoms with Crippen LogP contribution in [-0.4, -0.2) is 37.3 Å². The third kappa shape index (κ3) is 4.25. The van der Waals surface area contributed by atoms with Crippen LogP contribution in [0.25, 0.3) is 11.1 Å². The highest BCUT2D eigenvalue weighted by Crippen LogP contribution is 2.44. The minimum atomic E-state index is -0.560. The maximum atomic E-state index is 12.2. The summed E-state index contributed by atoms with van der Waals surface area (Å²) in [5, 5.41) is 2.61. The molecule has 0 fully saturated rings. The van der Waals surface area contributed by atoms with Gasteiger partial charge in [0.15, 0.2) is 0 Å². The number of alkyl carbamates (subject to hydrolysis) is 1. The number of ether oxygens (including phenoxy) is 2. The average Bonchev–Trinajstić information content (AvgIpc) is 3.14. The maximum absolute atomic E-state index is 12.2. The van der Waals surface area contributed by atoms with Crippen LogP contribution in [0.5, 0.6) is 0 Å². The van der Waals surface area contributed by atoms with Gasteiger partial charge < -0.3 is 20.5 Å². The van der Waals surface area contributed by atoms with Crippen LogP contribution in [0, 0.1) is 11.8 Å². The van der Waals surface area contributed by atoms with Crippen LogP contribution in [-0.2, 0) is 9.47 Å². The summed E-state index contributed by atoms with van der Waals surface area (Å²) in [5.41, 5.74) is 11.0. The van der Waals surface area contributed by atoms with Gasteiger partial charge in [-0.3, -0.25) is 0 Å². The molecule has 1 aliphatic rings. The minimum absolute atomic E-state index is 0.00818. The van der Waals surface area contributed by atoms with Crippen LogP contribution in [0.15, 0.2) is 60.8 Å². The molecule has 0 unspecified atom stereocenters. The summed E-state index contributed by atoms with van der Waals surface area (Å²) in [5.74, 6) is 5.23. The van der Waals surface area contributed by atoms with Crippen molar-refractivity contribution in [3.05, 3.63) is 83.0 Å². The van der Waals surface area contributed by atoms with Gasteiger partial charge in [0.05, 0.1) is 24.8 Å². The van der Waals surface area contributed by atoms with Crippen LogP contribution < -0.4 is 11.1 Å². The number of hydrogen-bond acceptors (Lipinski definition) is 6. The van der Waals surface area contributed by atoms with E-state index in [1.165, 1.54) is 30.5 Å². The van der Waals surface area contributed by atoms with E-state index in [1.807, 2.05) is 24.3 Å². The molecule has 1 heterocycles. The Morgan fingerprint density at radius 1 is 1.09 bits per heavy atom. The number of nitrogen functional groups attached to an aromatic ring is 1. The van der Waals surface area contributed by atoms with Crippen LogP contribution in [0.4, 0.5) is 10.6 Å². The number of rotatable bonds is 4. The highest BCUT2D eigenvalue weighted by molar-refractivity contribution is 5.89. The molecule has 1 amide bonds. The molecule has 1 aliphatic carbocycles. The lowest BCUT2D eigenvalue weighted by molar-refractivity contribution is 0.0600. The summed E-state index contributed by atoms with van der Waals surface area (Å²) in [6.07, 6.45) is 0.761. The first kappa shape index (κ1) is 20.9. The van der Waals surface area contributed by atoms with Crippen molar-refractivity contribution >= 4 is 17.9 Å². The van der Waals surface area contributed by atoms with Gasteiger partial charge in [-0.05, 0) is 28.3 Å². The molecule has 3 aromatic rings. The van der Waals surface area contributed by atoms with Gasteiger partial charge in [-0.25, -0.2) is 14.6 Å². The molecule has 7 heteroatoms. The molecule has 0 atom stereocenters. The van der Waals surface area contributed by atoms with Crippen molar-refractivity contribution in [2.75, 3.05) is 26.0 Å². The van der Waals surface area contributed by atoms with Crippen molar-refractivity contribution < 1.29 is 19.1 Å². The monoisotopic (exact) mass is 427 g/mol. The number of pyridine rings is 1. The van der Waals surface area contributed by atoms with E-state index in [0.717, 1.165) is 11.1 Å². The van der Waals surface area contributed by atoms with E-state index in [2.05, 4.69) is 51.1 Å². The van der Waals surface area contributed by atoms with Crippen LogP contribution >= 0.6 is 0 Å². The zero-order chi connectivity index (χ0) is 22.5. The van der Waals surface area contributed by atoms with Gasteiger partial charge in [0.2, 0.25) is 0 Å². The zero-order valence-corrected chi connectivity index (χ0v) is 17.4. The number of methoxy groups -OCH3 is 1. The molecule has 0 bridgehead atoms. The summed E-state index contributed by atoms with van der Waals surface area (Å²) >= 11 is 0. The Hall–Kier alpha value is -4.31. The quantitative estimate of drug-likeness (QED) is 0.489. The number of benzene rings is 2. The first-order chi connectivity index (χ1) is 15.6. The first-order valence-electron chi connectivity index (χ1n) is 10.00. The van der Waals surface area contributed by atoms with Gasteiger partial charge >= 0.3 is 12.1 Å². The third-order valence-electron chi connectivity index (χ3n) is 5.23. The fourth-order valence-electron chi connectivity index (χ4n) is 3.71. The largest absolute Gasteiger partial charge is 0.465 e. The predicted molar refractivity (Wildman–Crippen MR) is 120 cm³/mol. The number of nitrogens with two attached hydrogens (primary N) is 1. The molecule has 0 aliphatic heterocycles. The third-order valence-corrected chi connectivity index (χ3v) is 5.23. The SMILES string of the molecule is COC(=O)c1cnc(N)c(C#CCNC(=O)OCC2c3ccccc3-c3ccccc32)c1. The lowest BCUT2D eigenvalue weighted by Crippen LogP contribution is -2.26. The predicted octanol–water partition coefficient (Wildman–Crippen LogP) is 3.34. The summed E-state index contributed by atoms with van der Waals surface area (Å²) in [6, 6.07) is 17.8. The van der Waals surface area contributed by atoms with Crippen molar-refractivity contribution in [3.63, 3.8) is 0 Å². The van der Waals surface area contributed by atoms with Crippen molar-refractivity contribution in [1.29, 1.82) is 0 Å². The number of hydrogen-bond donors (Lipinski definition) is 2. The Morgan fingerprint density at radius 2 is 1.75 bits per heavy atom. The lowest BCUT2D eigenvalue weighted by Gasteiger charge is -2.14. The molecule has 0 saturated heterocycles. The molecular formula is C25H21N3O4. The number of nitrogens with one attached hydrogen (secondary N) is 1. The van der Waals surface area contributed by atoms with E-state index in [-0.39, 0.29) is 30.5 Å². The second-order valence-corrected chi connectivity index (χ2v) is 7.13. The Labute approximate surface area is 185 Å². The second-order valence-electron chi connectivity index (χ2n) is 7.13. The van der Waals surface area contributed by atoms with E-state index in [1.54, 1.807) is 0 Å². The fraction of sp³-hybridized carbons (Fsp3) is 0.160. The molecule has 1 aromatic heterocycles. The average molecular weight is 427 g/mol. The summed E-state index contributed by atoms with van der Waals surface area (Å²) in [6.45, 7) is 0.282. The van der Waals surface area contributed by atoms with E-state index >= 15 is 0 Å². The molecule has 0 saturated carbocycles. The topological polar surface area (TPSA) is 104 Å². The standard InChI is InChI=1S/C25H21N3O4/c1-31-24(29)17-13-16(23(26)28-14-17)7-6-12-27-25(30)32-15-22-20-10-4-2-8-18(20)19-9-3-5-11-21(19)22/h2-5,8-11,13-14,22H,12,15H2,1H3,(H2,26,28)(H,27,30). The molecule has 32 heavy (non-hydrogen) atoms.